The van der Waals surface area contributed by atoms with Crippen molar-refractivity contribution in [3.05, 3.63) is 35.9 Å². The summed E-state index contributed by atoms with van der Waals surface area (Å²) in [5.74, 6) is -0.236. The Labute approximate surface area is 165 Å². The third kappa shape index (κ3) is 6.14. The summed E-state index contributed by atoms with van der Waals surface area (Å²) in [6.45, 7) is 8.88. The topological polar surface area (TPSA) is 88.2 Å². The maximum absolute atomic E-state index is 13.1. The van der Waals surface area contributed by atoms with Gasteiger partial charge in [0.05, 0.1) is 6.61 Å². The fraction of sp³-hybridized carbons (Fsp3) is 0.550. The second kappa shape index (κ2) is 9.43. The average Bonchev–Trinajstić information content (AvgIpc) is 2.65. The zero-order chi connectivity index (χ0) is 20.7. The van der Waals surface area contributed by atoms with E-state index in [-0.39, 0.29) is 12.0 Å². The standard InChI is InChI=1S/C20H29N3O5/c1-5-27-19(26)23-13-11-22(12-14-23)17(24)16(15-9-7-6-8-10-15)21-18(25)28-20(2,3)4/h6-10,16H,5,11-14H2,1-4H3,(H,21,25). The Morgan fingerprint density at radius 2 is 1.61 bits per heavy atom. The van der Waals surface area contributed by atoms with Gasteiger partial charge in [0.2, 0.25) is 5.91 Å². The number of benzene rings is 1. The summed E-state index contributed by atoms with van der Waals surface area (Å²) in [5, 5.41) is 2.68. The molecule has 0 saturated carbocycles. The lowest BCUT2D eigenvalue weighted by Gasteiger charge is -2.36. The van der Waals surface area contributed by atoms with Crippen molar-refractivity contribution in [1.29, 1.82) is 0 Å². The van der Waals surface area contributed by atoms with Crippen LogP contribution in [0.4, 0.5) is 9.59 Å². The Bertz CT molecular complexity index is 679. The molecule has 0 spiro atoms. The molecule has 1 aliphatic rings. The molecule has 1 unspecified atom stereocenters. The molecule has 28 heavy (non-hydrogen) atoms. The van der Waals surface area contributed by atoms with Crippen molar-refractivity contribution in [3.63, 3.8) is 0 Å². The van der Waals surface area contributed by atoms with E-state index in [0.717, 1.165) is 0 Å². The fourth-order valence-electron chi connectivity index (χ4n) is 2.87. The van der Waals surface area contributed by atoms with Crippen molar-refractivity contribution in [2.45, 2.75) is 39.3 Å². The van der Waals surface area contributed by atoms with Gasteiger partial charge in [-0.15, -0.1) is 0 Å². The van der Waals surface area contributed by atoms with Crippen molar-refractivity contribution < 1.29 is 23.9 Å². The van der Waals surface area contributed by atoms with Crippen LogP contribution in [0.5, 0.6) is 0 Å². The Morgan fingerprint density at radius 3 is 2.14 bits per heavy atom. The molecule has 3 amide bonds. The van der Waals surface area contributed by atoms with Crippen LogP contribution in [0.3, 0.4) is 0 Å². The summed E-state index contributed by atoms with van der Waals surface area (Å²) in [7, 11) is 0. The van der Waals surface area contributed by atoms with Crippen molar-refractivity contribution >= 4 is 18.1 Å². The smallest absolute Gasteiger partial charge is 0.409 e. The second-order valence-electron chi connectivity index (χ2n) is 7.50. The number of nitrogens with one attached hydrogen (secondary N) is 1. The molecule has 1 aliphatic heterocycles. The van der Waals surface area contributed by atoms with Crippen molar-refractivity contribution in [3.8, 4) is 0 Å². The van der Waals surface area contributed by atoms with Gasteiger partial charge in [-0.1, -0.05) is 30.3 Å². The lowest BCUT2D eigenvalue weighted by atomic mass is 10.1. The van der Waals surface area contributed by atoms with E-state index in [1.165, 1.54) is 0 Å². The molecule has 1 saturated heterocycles. The molecule has 8 heteroatoms. The first-order chi connectivity index (χ1) is 13.2. The lowest BCUT2D eigenvalue weighted by Crippen LogP contribution is -2.53. The van der Waals surface area contributed by atoms with Crippen LogP contribution in [0.15, 0.2) is 30.3 Å². The average molecular weight is 391 g/mol. The highest BCUT2D eigenvalue weighted by Crippen LogP contribution is 2.19. The summed E-state index contributed by atoms with van der Waals surface area (Å²) in [4.78, 5) is 40.4. The summed E-state index contributed by atoms with van der Waals surface area (Å²) in [5.41, 5.74) is 0.00536. The summed E-state index contributed by atoms with van der Waals surface area (Å²) in [6, 6.07) is 8.18. The highest BCUT2D eigenvalue weighted by molar-refractivity contribution is 5.87. The molecule has 154 valence electrons. The van der Waals surface area contributed by atoms with E-state index in [4.69, 9.17) is 9.47 Å². The molecular formula is C20H29N3O5. The molecule has 1 aromatic rings. The lowest BCUT2D eigenvalue weighted by molar-refractivity contribution is -0.135. The third-order valence-corrected chi connectivity index (χ3v) is 4.16. The monoisotopic (exact) mass is 391 g/mol. The molecule has 1 aromatic carbocycles. The number of hydrogen-bond donors (Lipinski definition) is 1. The molecule has 1 atom stereocenters. The van der Waals surface area contributed by atoms with Gasteiger partial charge in [-0.25, -0.2) is 9.59 Å². The van der Waals surface area contributed by atoms with Gasteiger partial charge >= 0.3 is 12.2 Å². The number of nitrogens with zero attached hydrogens (tertiary/aromatic N) is 2. The van der Waals surface area contributed by atoms with Gasteiger partial charge in [0.15, 0.2) is 0 Å². The first kappa shape index (κ1) is 21.5. The molecule has 2 rings (SSSR count). The predicted molar refractivity (Wildman–Crippen MR) is 104 cm³/mol. The quantitative estimate of drug-likeness (QED) is 0.852. The number of amides is 3. The molecule has 0 bridgehead atoms. The number of rotatable bonds is 4. The van der Waals surface area contributed by atoms with Gasteiger partial charge in [-0.05, 0) is 33.3 Å². The normalized spacial score (nSPS) is 15.6. The van der Waals surface area contributed by atoms with Gasteiger partial charge < -0.3 is 24.6 Å². The Hall–Kier alpha value is -2.77. The first-order valence-electron chi connectivity index (χ1n) is 9.46. The number of piperazine rings is 1. The van der Waals surface area contributed by atoms with Crippen LogP contribution in [0.1, 0.15) is 39.3 Å². The third-order valence-electron chi connectivity index (χ3n) is 4.16. The number of ether oxygens (including phenoxy) is 2. The molecule has 1 N–H and O–H groups in total. The van der Waals surface area contributed by atoms with Crippen LogP contribution in [0.25, 0.3) is 0 Å². The largest absolute Gasteiger partial charge is 0.450 e. The van der Waals surface area contributed by atoms with E-state index < -0.39 is 17.7 Å². The summed E-state index contributed by atoms with van der Waals surface area (Å²) in [6.07, 6.45) is -1.03. The molecule has 1 heterocycles. The number of hydrogen-bond acceptors (Lipinski definition) is 5. The van der Waals surface area contributed by atoms with Crippen molar-refractivity contribution in [2.24, 2.45) is 0 Å². The van der Waals surface area contributed by atoms with Gasteiger partial charge in [-0.3, -0.25) is 4.79 Å². The minimum absolute atomic E-state index is 0.236. The number of carbonyl (C=O) groups is 3. The predicted octanol–water partition coefficient (Wildman–Crippen LogP) is 2.55. The van der Waals surface area contributed by atoms with Crippen LogP contribution >= 0.6 is 0 Å². The zero-order valence-electron chi connectivity index (χ0n) is 16.9. The maximum atomic E-state index is 13.1. The van der Waals surface area contributed by atoms with E-state index in [0.29, 0.717) is 38.3 Å². The van der Waals surface area contributed by atoms with E-state index in [1.807, 2.05) is 18.2 Å². The molecule has 0 aromatic heterocycles. The fourth-order valence-corrected chi connectivity index (χ4v) is 2.87. The molecule has 8 nitrogen and oxygen atoms in total. The Kier molecular flexibility index (Phi) is 7.25. The van der Waals surface area contributed by atoms with Gasteiger partial charge in [0, 0.05) is 26.2 Å². The number of carbonyl (C=O) groups excluding carboxylic acids is 3. The van der Waals surface area contributed by atoms with Crippen LogP contribution < -0.4 is 5.32 Å². The molecule has 0 radical (unpaired) electrons. The van der Waals surface area contributed by atoms with Crippen molar-refractivity contribution in [2.75, 3.05) is 32.8 Å². The minimum atomic E-state index is -0.856. The van der Waals surface area contributed by atoms with Crippen LogP contribution in [0, 0.1) is 0 Å². The number of alkyl carbamates (subject to hydrolysis) is 1. The van der Waals surface area contributed by atoms with E-state index >= 15 is 0 Å². The zero-order valence-corrected chi connectivity index (χ0v) is 16.9. The highest BCUT2D eigenvalue weighted by Gasteiger charge is 2.32. The van der Waals surface area contributed by atoms with E-state index in [1.54, 1.807) is 49.6 Å². The molecule has 1 fully saturated rings. The van der Waals surface area contributed by atoms with Crippen molar-refractivity contribution in [1.82, 2.24) is 15.1 Å². The van der Waals surface area contributed by atoms with Crippen LogP contribution in [-0.2, 0) is 14.3 Å². The van der Waals surface area contributed by atoms with Crippen LogP contribution in [0.2, 0.25) is 0 Å². The second-order valence-corrected chi connectivity index (χ2v) is 7.50. The highest BCUT2D eigenvalue weighted by atomic mass is 16.6. The van der Waals surface area contributed by atoms with Crippen LogP contribution in [-0.4, -0.2) is 66.3 Å². The Balaban J connectivity index is 2.08. The summed E-state index contributed by atoms with van der Waals surface area (Å²) >= 11 is 0. The van der Waals surface area contributed by atoms with E-state index in [2.05, 4.69) is 5.32 Å². The van der Waals surface area contributed by atoms with Gasteiger partial charge in [-0.2, -0.15) is 0 Å². The van der Waals surface area contributed by atoms with Gasteiger partial charge in [0.25, 0.3) is 0 Å². The Morgan fingerprint density at radius 1 is 1.04 bits per heavy atom. The first-order valence-corrected chi connectivity index (χ1v) is 9.46. The van der Waals surface area contributed by atoms with E-state index in [9.17, 15) is 14.4 Å². The maximum Gasteiger partial charge on any atom is 0.409 e. The molecule has 0 aliphatic carbocycles. The minimum Gasteiger partial charge on any atom is -0.450 e. The summed E-state index contributed by atoms with van der Waals surface area (Å²) < 4.78 is 10.3. The SMILES string of the molecule is CCOC(=O)N1CCN(C(=O)C(NC(=O)OC(C)(C)C)c2ccccc2)CC1. The van der Waals surface area contributed by atoms with Gasteiger partial charge in [0.1, 0.15) is 11.6 Å². The molecular weight excluding hydrogens is 362 g/mol.